The molecule has 2 aliphatic rings. The van der Waals surface area contributed by atoms with Crippen molar-refractivity contribution in [3.63, 3.8) is 0 Å². The van der Waals surface area contributed by atoms with E-state index in [2.05, 4.69) is 22.6 Å². The third kappa shape index (κ3) is 15.7. The Hall–Kier alpha value is -2.99. The van der Waals surface area contributed by atoms with Crippen molar-refractivity contribution in [1.29, 1.82) is 0 Å². The molecule has 1 fully saturated rings. The molecular formula is C29H48N6O10. The van der Waals surface area contributed by atoms with Gasteiger partial charge in [0.25, 0.3) is 11.8 Å². The van der Waals surface area contributed by atoms with Crippen LogP contribution in [0.4, 0.5) is 4.79 Å². The van der Waals surface area contributed by atoms with Crippen LogP contribution in [0.25, 0.3) is 0 Å². The van der Waals surface area contributed by atoms with Gasteiger partial charge in [-0.3, -0.25) is 14.5 Å². The molecule has 4 amide bonds. The summed E-state index contributed by atoms with van der Waals surface area (Å²) in [4.78, 5) is 38.1. The lowest BCUT2D eigenvalue weighted by molar-refractivity contribution is -0.137. The van der Waals surface area contributed by atoms with Crippen molar-refractivity contribution in [3.05, 3.63) is 24.0 Å². The number of likely N-dealkylation sites (tertiary alicyclic amines) is 1. The summed E-state index contributed by atoms with van der Waals surface area (Å²) in [6.45, 7) is 11.4. The number of carbonyl (C=O) groups is 3. The summed E-state index contributed by atoms with van der Waals surface area (Å²) < 4.78 is 40.0. The van der Waals surface area contributed by atoms with Crippen LogP contribution in [0, 0.1) is 5.92 Å². The number of urea groups is 1. The summed E-state index contributed by atoms with van der Waals surface area (Å²) in [7, 11) is 0. The first-order valence-corrected chi connectivity index (χ1v) is 15.5. The molecule has 0 unspecified atom stereocenters. The van der Waals surface area contributed by atoms with E-state index in [9.17, 15) is 14.4 Å². The Morgan fingerprint density at radius 3 is 1.76 bits per heavy atom. The summed E-state index contributed by atoms with van der Waals surface area (Å²) in [5.74, 6) is -0.119. The first-order valence-electron chi connectivity index (χ1n) is 15.5. The van der Waals surface area contributed by atoms with Gasteiger partial charge >= 0.3 is 6.03 Å². The smallest absolute Gasteiger partial charge is 0.317 e. The van der Waals surface area contributed by atoms with Crippen LogP contribution in [0.2, 0.25) is 0 Å². The molecule has 45 heavy (non-hydrogen) atoms. The van der Waals surface area contributed by atoms with Gasteiger partial charge in [-0.25, -0.2) is 9.48 Å². The van der Waals surface area contributed by atoms with Crippen molar-refractivity contribution in [3.8, 4) is 0 Å². The summed E-state index contributed by atoms with van der Waals surface area (Å²) >= 11 is 0. The molecule has 3 rings (SSSR count). The van der Waals surface area contributed by atoms with Gasteiger partial charge in [-0.15, -0.1) is 5.10 Å². The third-order valence-corrected chi connectivity index (χ3v) is 6.74. The number of hydrogen-bond acceptors (Lipinski definition) is 12. The molecule has 0 aliphatic carbocycles. The fourth-order valence-electron chi connectivity index (χ4n) is 4.31. The number of nitrogens with zero attached hydrogens (tertiary/aromatic N) is 5. The topological polar surface area (TPSA) is 165 Å². The van der Waals surface area contributed by atoms with Crippen molar-refractivity contribution in [2.45, 2.75) is 26.4 Å². The second kappa shape index (κ2) is 22.5. The lowest BCUT2D eigenvalue weighted by Gasteiger charge is -2.16. The molecule has 0 saturated carbocycles. The monoisotopic (exact) mass is 640 g/mol. The van der Waals surface area contributed by atoms with E-state index in [1.807, 2.05) is 4.90 Å². The van der Waals surface area contributed by atoms with E-state index in [1.54, 1.807) is 10.9 Å². The molecular weight excluding hydrogens is 592 g/mol. The van der Waals surface area contributed by atoms with E-state index in [1.165, 1.54) is 12.2 Å². The fourth-order valence-corrected chi connectivity index (χ4v) is 4.31. The fraction of sp³-hybridized carbons (Fsp3) is 0.759. The van der Waals surface area contributed by atoms with Gasteiger partial charge in [0, 0.05) is 31.8 Å². The van der Waals surface area contributed by atoms with Crippen LogP contribution in [0.15, 0.2) is 18.3 Å². The third-order valence-electron chi connectivity index (χ3n) is 6.74. The Kier molecular flexibility index (Phi) is 18.2. The summed E-state index contributed by atoms with van der Waals surface area (Å²) in [5, 5.41) is 10.8. The molecule has 0 bridgehead atoms. The van der Waals surface area contributed by atoms with Gasteiger partial charge < -0.3 is 43.4 Å². The minimum Gasteiger partial charge on any atom is -0.377 e. The quantitative estimate of drug-likeness (QED) is 0.106. The molecule has 3 heterocycles. The van der Waals surface area contributed by atoms with Crippen LogP contribution in [-0.4, -0.2) is 155 Å². The van der Waals surface area contributed by atoms with Gasteiger partial charge in [0.1, 0.15) is 5.69 Å². The van der Waals surface area contributed by atoms with Gasteiger partial charge in [0.05, 0.1) is 112 Å². The van der Waals surface area contributed by atoms with E-state index in [4.69, 9.17) is 33.2 Å². The zero-order valence-electron chi connectivity index (χ0n) is 26.3. The molecule has 16 heteroatoms. The van der Waals surface area contributed by atoms with Gasteiger partial charge in [-0.1, -0.05) is 12.1 Å². The van der Waals surface area contributed by atoms with E-state index >= 15 is 0 Å². The van der Waals surface area contributed by atoms with Crippen LogP contribution < -0.4 is 5.32 Å². The average Bonchev–Trinajstić information content (AvgIpc) is 3.76. The maximum absolute atomic E-state index is 12.0. The Bertz CT molecular complexity index is 1010. The van der Waals surface area contributed by atoms with E-state index in [0.717, 1.165) is 24.4 Å². The van der Waals surface area contributed by atoms with E-state index in [-0.39, 0.29) is 24.4 Å². The van der Waals surface area contributed by atoms with E-state index in [0.29, 0.717) is 117 Å². The van der Waals surface area contributed by atoms with Crippen molar-refractivity contribution in [1.82, 2.24) is 30.1 Å². The summed E-state index contributed by atoms with van der Waals surface area (Å²) in [6.07, 6.45) is 5.24. The van der Waals surface area contributed by atoms with Crippen LogP contribution >= 0.6 is 0 Å². The van der Waals surface area contributed by atoms with Crippen LogP contribution in [0.1, 0.15) is 19.0 Å². The van der Waals surface area contributed by atoms with Crippen LogP contribution in [0.5, 0.6) is 0 Å². The first-order chi connectivity index (χ1) is 22.0. The standard InChI is InChI=1S/C29H48N6O10/c1-25-4-6-33(22-25)29(38)30-5-8-39-10-12-41-14-16-43-18-20-45-21-19-44-17-15-42-13-11-40-9-7-34-23-26(31-32-34)24-35-27(36)2-3-28(35)37/h2-3,23,25H,4-22,24H2,1H3,(H,30,38)/t25-/m1/s1. The highest BCUT2D eigenvalue weighted by atomic mass is 16.6. The van der Waals surface area contributed by atoms with Crippen molar-refractivity contribution in [2.75, 3.05) is 112 Å². The molecule has 2 aliphatic heterocycles. The molecule has 1 atom stereocenters. The minimum atomic E-state index is -0.349. The molecule has 16 nitrogen and oxygen atoms in total. The SMILES string of the molecule is C[C@@H]1CCN(C(=O)NCCOCCOCCOCCOCCOCCOCCOCCn2cc(CN3C(=O)C=CC3=O)nn2)C1. The molecule has 0 aromatic carbocycles. The van der Waals surface area contributed by atoms with Crippen LogP contribution in [-0.2, 0) is 55.8 Å². The highest BCUT2D eigenvalue weighted by molar-refractivity contribution is 6.12. The first kappa shape index (κ1) is 36.5. The molecule has 1 aromatic heterocycles. The summed E-state index contributed by atoms with van der Waals surface area (Å²) in [6, 6.07) is -0.0135. The van der Waals surface area contributed by atoms with Gasteiger partial charge in [0.2, 0.25) is 0 Å². The van der Waals surface area contributed by atoms with E-state index < -0.39 is 0 Å². The number of aromatic nitrogens is 3. The molecule has 1 aromatic rings. The predicted molar refractivity (Wildman–Crippen MR) is 159 cm³/mol. The van der Waals surface area contributed by atoms with Gasteiger partial charge in [0.15, 0.2) is 0 Å². The lowest BCUT2D eigenvalue weighted by Crippen LogP contribution is -2.39. The molecule has 0 radical (unpaired) electrons. The highest BCUT2D eigenvalue weighted by Gasteiger charge is 2.24. The number of hydrogen-bond donors (Lipinski definition) is 1. The van der Waals surface area contributed by atoms with Crippen molar-refractivity contribution in [2.24, 2.45) is 5.92 Å². The molecule has 254 valence electrons. The number of imide groups is 1. The molecule has 1 N–H and O–H groups in total. The maximum atomic E-state index is 12.0. The number of nitrogens with one attached hydrogen (secondary N) is 1. The average molecular weight is 641 g/mol. The molecule has 0 spiro atoms. The van der Waals surface area contributed by atoms with Crippen LogP contribution in [0.3, 0.4) is 0 Å². The number of ether oxygens (including phenoxy) is 7. The number of amides is 4. The normalized spacial score (nSPS) is 16.4. The summed E-state index contributed by atoms with van der Waals surface area (Å²) in [5.41, 5.74) is 0.533. The van der Waals surface area contributed by atoms with Gasteiger partial charge in [-0.05, 0) is 12.3 Å². The Labute approximate surface area is 264 Å². The second-order valence-corrected chi connectivity index (χ2v) is 10.4. The Morgan fingerprint density at radius 1 is 0.778 bits per heavy atom. The largest absolute Gasteiger partial charge is 0.377 e. The number of rotatable bonds is 26. The maximum Gasteiger partial charge on any atom is 0.317 e. The molecule has 1 saturated heterocycles. The second-order valence-electron chi connectivity index (χ2n) is 10.4. The van der Waals surface area contributed by atoms with Crippen molar-refractivity contribution < 1.29 is 47.5 Å². The predicted octanol–water partition coefficient (Wildman–Crippen LogP) is -0.129. The highest BCUT2D eigenvalue weighted by Crippen LogP contribution is 2.14. The Balaban J connectivity index is 0.965. The van der Waals surface area contributed by atoms with Gasteiger partial charge in [-0.2, -0.15) is 0 Å². The van der Waals surface area contributed by atoms with Crippen molar-refractivity contribution >= 4 is 17.8 Å². The number of carbonyl (C=O) groups excluding carboxylic acids is 3. The zero-order chi connectivity index (χ0) is 32.0. The lowest BCUT2D eigenvalue weighted by atomic mass is 10.2. The minimum absolute atomic E-state index is 0.0135. The zero-order valence-corrected chi connectivity index (χ0v) is 26.3. The Morgan fingerprint density at radius 2 is 1.27 bits per heavy atom.